The Labute approximate surface area is 302 Å². The topological polar surface area (TPSA) is 270 Å². The molecule has 0 radical (unpaired) electrons. The van der Waals surface area contributed by atoms with Crippen LogP contribution in [0.5, 0.6) is 0 Å². The molecule has 0 aliphatic heterocycles. The van der Waals surface area contributed by atoms with Crippen molar-refractivity contribution in [3.8, 4) is 11.1 Å². The minimum absolute atomic E-state index is 0.0380. The van der Waals surface area contributed by atoms with Gasteiger partial charge in [-0.2, -0.15) is 30.4 Å². The van der Waals surface area contributed by atoms with Crippen LogP contribution in [0.4, 0.5) is 11.4 Å². The van der Waals surface area contributed by atoms with Crippen molar-refractivity contribution in [3.63, 3.8) is 0 Å². The molecule has 0 fully saturated rings. The van der Waals surface area contributed by atoms with Crippen molar-refractivity contribution < 1.29 is 48.5 Å². The molecule has 19 heteroatoms. The molecule has 0 amide bonds. The van der Waals surface area contributed by atoms with Crippen molar-refractivity contribution in [2.24, 2.45) is 5.10 Å². The lowest BCUT2D eigenvalue weighted by Gasteiger charge is -2.23. The largest absolute Gasteiger partial charge is 0.301 e. The van der Waals surface area contributed by atoms with Gasteiger partial charge in [-0.3, -0.25) is 39.5 Å². The number of hydrogen-bond acceptors (Lipinski definition) is 13. The number of nitrogens with one attached hydrogen (secondary N) is 4. The van der Waals surface area contributed by atoms with Crippen LogP contribution in [0.15, 0.2) is 116 Å². The monoisotopic (exact) mass is 777 g/mol. The summed E-state index contributed by atoms with van der Waals surface area (Å²) in [6, 6.07) is 12.2. The van der Waals surface area contributed by atoms with Gasteiger partial charge in [-0.25, -0.2) is 0 Å². The summed E-state index contributed by atoms with van der Waals surface area (Å²) < 4.78 is 99.8. The average molecular weight is 778 g/mol. The molecule has 53 heavy (non-hydrogen) atoms. The molecule has 0 unspecified atom stereocenters. The molecule has 0 saturated heterocycles. The Hall–Kier alpha value is -5.83. The quantitative estimate of drug-likeness (QED) is 0.120. The molecule has 0 saturated carbocycles. The van der Waals surface area contributed by atoms with Gasteiger partial charge < -0.3 is 5.43 Å². The molecular formula is C34H27N5O11S3. The van der Waals surface area contributed by atoms with Crippen LogP contribution in [0, 0.1) is 19.3 Å². The van der Waals surface area contributed by atoms with Crippen LogP contribution < -0.4 is 16.3 Å². The number of allylic oxidation sites excluding steroid dienone is 7. The van der Waals surface area contributed by atoms with Crippen LogP contribution in [0.2, 0.25) is 0 Å². The number of aryl methyl sites for hydroxylation is 2. The molecule has 7 N–H and O–H groups in total. The number of hydrogen-bond donors (Lipinski definition) is 7. The van der Waals surface area contributed by atoms with Gasteiger partial charge in [0.25, 0.3) is 30.4 Å². The van der Waals surface area contributed by atoms with E-state index in [-0.39, 0.29) is 33.7 Å². The summed E-state index contributed by atoms with van der Waals surface area (Å²) in [5.74, 6) is -1.44. The van der Waals surface area contributed by atoms with E-state index < -0.39 is 62.3 Å². The van der Waals surface area contributed by atoms with E-state index in [1.807, 2.05) is 25.1 Å². The number of rotatable bonds is 9. The lowest BCUT2D eigenvalue weighted by molar-refractivity contribution is -0.111. The highest BCUT2D eigenvalue weighted by Crippen LogP contribution is 2.33. The first kappa shape index (κ1) is 36.9. The second-order valence-corrected chi connectivity index (χ2v) is 16.1. The number of anilines is 2. The molecule has 0 atom stereocenters. The number of fused-ring (bicyclic) bond motifs is 2. The maximum absolute atomic E-state index is 12.8. The van der Waals surface area contributed by atoms with E-state index >= 15 is 0 Å². The van der Waals surface area contributed by atoms with Crippen LogP contribution in [0.1, 0.15) is 22.3 Å². The fourth-order valence-corrected chi connectivity index (χ4v) is 7.60. The SMILES string of the molecule is Cc1cc(-c2ccc(NNC3=C4C(=O)C=C(S(=O)(=O)O)C=C4C=CC3=N)c(C)c2)ccc1N/N=C1\C(=O)C=Cc2cc(S(=O)(=O)O)cc(S(=O)(=O)O)c21. The standard InChI is InChI=1S/C34H27N5O11S3/c1-17-11-19(4-8-26(17)36-38-33-25(35)7-3-21-13-23(51(42,43)44)15-29(41)31(21)33)20-5-9-27(18(2)12-20)37-39-34-28(40)10-6-22-14-24(52(45,46)47)16-30(32(22)34)53(48,49)50/h3-16,35-38H,1-2H3,(H,42,43,44)(H,45,46,47)(H,48,49,50)/b35-25?,39-34+. The summed E-state index contributed by atoms with van der Waals surface area (Å²) in [4.78, 5) is 23.3. The Bertz CT molecular complexity index is 2740. The number of carbonyl (C=O) groups is 2. The number of carbonyl (C=O) groups excluding carboxylic acids is 2. The van der Waals surface area contributed by atoms with Gasteiger partial charge in [-0.1, -0.05) is 24.3 Å². The van der Waals surface area contributed by atoms with Crippen molar-refractivity contribution in [1.29, 1.82) is 5.41 Å². The number of benzene rings is 3. The Morgan fingerprint density at radius 2 is 1.32 bits per heavy atom. The number of ketones is 2. The molecular weight excluding hydrogens is 751 g/mol. The van der Waals surface area contributed by atoms with Gasteiger partial charge in [0, 0.05) is 11.6 Å². The third-order valence-electron chi connectivity index (χ3n) is 8.32. The summed E-state index contributed by atoms with van der Waals surface area (Å²) in [6.07, 6.45) is 6.89. The maximum Gasteiger partial charge on any atom is 0.295 e. The number of hydrazine groups is 1. The molecule has 0 heterocycles. The second kappa shape index (κ2) is 13.3. The van der Waals surface area contributed by atoms with Gasteiger partial charge in [0.05, 0.1) is 38.2 Å². The first-order valence-electron chi connectivity index (χ1n) is 15.1. The molecule has 0 bridgehead atoms. The molecule has 3 aliphatic rings. The predicted octanol–water partition coefficient (Wildman–Crippen LogP) is 3.92. The van der Waals surface area contributed by atoms with Crippen molar-refractivity contribution in [2.75, 3.05) is 10.9 Å². The summed E-state index contributed by atoms with van der Waals surface area (Å²) in [5.41, 5.74) is 12.1. The van der Waals surface area contributed by atoms with Gasteiger partial charge in [0.15, 0.2) is 5.78 Å². The summed E-state index contributed by atoms with van der Waals surface area (Å²) in [6.45, 7) is 3.57. The van der Waals surface area contributed by atoms with E-state index in [0.29, 0.717) is 23.0 Å². The van der Waals surface area contributed by atoms with Crippen molar-refractivity contribution in [2.45, 2.75) is 23.6 Å². The minimum Gasteiger partial charge on any atom is -0.301 e. The van der Waals surface area contributed by atoms with Crippen LogP contribution in [-0.2, 0) is 39.9 Å². The zero-order valence-electron chi connectivity index (χ0n) is 27.4. The molecule has 0 spiro atoms. The number of nitrogens with zero attached hydrogens (tertiary/aromatic N) is 1. The van der Waals surface area contributed by atoms with E-state index in [1.165, 1.54) is 12.2 Å². The van der Waals surface area contributed by atoms with E-state index in [4.69, 9.17) is 5.41 Å². The Balaban J connectivity index is 1.23. The van der Waals surface area contributed by atoms with Gasteiger partial charge in [0.2, 0.25) is 5.78 Å². The first-order chi connectivity index (χ1) is 24.7. The highest BCUT2D eigenvalue weighted by molar-refractivity contribution is 7.90. The highest BCUT2D eigenvalue weighted by Gasteiger charge is 2.31. The van der Waals surface area contributed by atoms with Gasteiger partial charge in [-0.15, -0.1) is 0 Å². The van der Waals surface area contributed by atoms with Crippen molar-refractivity contribution in [1.82, 2.24) is 5.43 Å². The van der Waals surface area contributed by atoms with Gasteiger partial charge in [-0.05, 0) is 102 Å². The van der Waals surface area contributed by atoms with E-state index in [1.54, 1.807) is 25.1 Å². The molecule has 6 rings (SSSR count). The highest BCUT2D eigenvalue weighted by atomic mass is 32.2. The van der Waals surface area contributed by atoms with Crippen LogP contribution >= 0.6 is 0 Å². The Morgan fingerprint density at radius 1 is 0.679 bits per heavy atom. The summed E-state index contributed by atoms with van der Waals surface area (Å²) in [7, 11) is -14.6. The first-order valence-corrected chi connectivity index (χ1v) is 19.4. The molecule has 3 aromatic carbocycles. The molecule has 3 aliphatic carbocycles. The van der Waals surface area contributed by atoms with Gasteiger partial charge >= 0.3 is 0 Å². The zero-order valence-corrected chi connectivity index (χ0v) is 29.8. The molecule has 0 aromatic heterocycles. The van der Waals surface area contributed by atoms with Crippen LogP contribution in [0.25, 0.3) is 17.2 Å². The molecule has 272 valence electrons. The fourth-order valence-electron chi connectivity index (χ4n) is 5.70. The Morgan fingerprint density at radius 3 is 1.91 bits per heavy atom. The lowest BCUT2D eigenvalue weighted by atomic mass is 9.89. The fraction of sp³-hybridized carbons (Fsp3) is 0.0588. The van der Waals surface area contributed by atoms with Gasteiger partial charge in [0.1, 0.15) is 10.6 Å². The van der Waals surface area contributed by atoms with E-state index in [2.05, 4.69) is 21.4 Å². The average Bonchev–Trinajstić information content (AvgIpc) is 3.06. The third-order valence-corrected chi connectivity index (χ3v) is 10.9. The normalized spacial score (nSPS) is 16.6. The molecule has 3 aromatic rings. The predicted molar refractivity (Wildman–Crippen MR) is 195 cm³/mol. The number of hydrazone groups is 1. The van der Waals surface area contributed by atoms with E-state index in [0.717, 1.165) is 47.1 Å². The van der Waals surface area contributed by atoms with Crippen molar-refractivity contribution in [3.05, 3.63) is 123 Å². The summed E-state index contributed by atoms with van der Waals surface area (Å²) in [5, 5.41) is 12.4. The summed E-state index contributed by atoms with van der Waals surface area (Å²) >= 11 is 0. The zero-order chi connectivity index (χ0) is 38.6. The minimum atomic E-state index is -5.08. The molecule has 16 nitrogen and oxygen atoms in total. The second-order valence-electron chi connectivity index (χ2n) is 11.9. The van der Waals surface area contributed by atoms with Crippen molar-refractivity contribution >= 4 is 70.8 Å². The lowest BCUT2D eigenvalue weighted by Crippen LogP contribution is -2.31. The van der Waals surface area contributed by atoms with Crippen LogP contribution in [0.3, 0.4) is 0 Å². The maximum atomic E-state index is 12.8. The third kappa shape index (κ3) is 7.42. The van der Waals surface area contributed by atoms with E-state index in [9.17, 15) is 48.5 Å². The Kier molecular flexibility index (Phi) is 9.27. The van der Waals surface area contributed by atoms with Crippen LogP contribution in [-0.4, -0.2) is 61.9 Å². The smallest absolute Gasteiger partial charge is 0.295 e.